The maximum atomic E-state index is 13.7. The van der Waals surface area contributed by atoms with Gasteiger partial charge in [-0.15, -0.1) is 0 Å². The van der Waals surface area contributed by atoms with E-state index in [0.717, 1.165) is 24.2 Å². The second-order valence-electron chi connectivity index (χ2n) is 5.41. The van der Waals surface area contributed by atoms with Crippen LogP contribution in [0.25, 0.3) is 11.1 Å². The van der Waals surface area contributed by atoms with Gasteiger partial charge < -0.3 is 10.5 Å². The molecule has 1 saturated carbocycles. The maximum Gasteiger partial charge on any atom is 0.148 e. The van der Waals surface area contributed by atoms with E-state index in [0.29, 0.717) is 11.7 Å². The van der Waals surface area contributed by atoms with Crippen LogP contribution < -0.4 is 10.5 Å². The highest BCUT2D eigenvalue weighted by Crippen LogP contribution is 2.32. The molecule has 2 nitrogen and oxygen atoms in total. The minimum Gasteiger partial charge on any atom is -0.490 e. The van der Waals surface area contributed by atoms with Crippen LogP contribution in [0.15, 0.2) is 36.4 Å². The first-order valence-corrected chi connectivity index (χ1v) is 7.53. The molecule has 0 spiro atoms. The Morgan fingerprint density at radius 2 is 1.86 bits per heavy atom. The molecule has 0 heterocycles. The fourth-order valence-corrected chi connectivity index (χ4v) is 2.91. The van der Waals surface area contributed by atoms with Crippen LogP contribution in [-0.4, -0.2) is 6.10 Å². The standard InChI is InChI=1S/C17H17ClFNO/c18-15-9-12(10-16(19)17(15)20)11-4-3-7-14(8-11)21-13-5-1-2-6-13/h3-4,7-10,13H,1-2,5-6,20H2. The fourth-order valence-electron chi connectivity index (χ4n) is 2.70. The Bertz CT molecular complexity index is 630. The van der Waals surface area contributed by atoms with E-state index in [1.165, 1.54) is 18.9 Å². The van der Waals surface area contributed by atoms with Crippen LogP contribution in [0.1, 0.15) is 25.7 Å². The van der Waals surface area contributed by atoms with E-state index in [4.69, 9.17) is 22.1 Å². The van der Waals surface area contributed by atoms with Crippen LogP contribution in [0.5, 0.6) is 5.75 Å². The molecule has 2 N–H and O–H groups in total. The number of nitrogen functional groups attached to an aromatic ring is 1. The van der Waals surface area contributed by atoms with Crippen molar-refractivity contribution < 1.29 is 9.13 Å². The Kier molecular flexibility index (Phi) is 4.02. The monoisotopic (exact) mass is 305 g/mol. The van der Waals surface area contributed by atoms with Gasteiger partial charge in [-0.3, -0.25) is 0 Å². The maximum absolute atomic E-state index is 13.7. The minimum atomic E-state index is -0.500. The lowest BCUT2D eigenvalue weighted by atomic mass is 10.0. The summed E-state index contributed by atoms with van der Waals surface area (Å²) in [4.78, 5) is 0. The van der Waals surface area contributed by atoms with Gasteiger partial charge in [0.1, 0.15) is 11.6 Å². The molecule has 2 aromatic rings. The van der Waals surface area contributed by atoms with E-state index in [1.54, 1.807) is 6.07 Å². The average molecular weight is 306 g/mol. The van der Waals surface area contributed by atoms with Crippen molar-refractivity contribution in [2.24, 2.45) is 0 Å². The van der Waals surface area contributed by atoms with Gasteiger partial charge in [0, 0.05) is 0 Å². The van der Waals surface area contributed by atoms with Gasteiger partial charge in [-0.25, -0.2) is 4.39 Å². The highest BCUT2D eigenvalue weighted by Gasteiger charge is 2.16. The highest BCUT2D eigenvalue weighted by molar-refractivity contribution is 6.33. The Balaban J connectivity index is 1.88. The molecule has 1 aliphatic rings. The van der Waals surface area contributed by atoms with Gasteiger partial charge in [0.15, 0.2) is 0 Å². The molecule has 0 radical (unpaired) electrons. The molecular weight excluding hydrogens is 289 g/mol. The summed E-state index contributed by atoms with van der Waals surface area (Å²) in [5.74, 6) is 0.312. The lowest BCUT2D eigenvalue weighted by molar-refractivity contribution is 0.210. The number of anilines is 1. The molecule has 0 bridgehead atoms. The first kappa shape index (κ1) is 14.2. The lowest BCUT2D eigenvalue weighted by Crippen LogP contribution is -2.10. The molecule has 0 saturated heterocycles. The van der Waals surface area contributed by atoms with E-state index in [2.05, 4.69) is 0 Å². The summed E-state index contributed by atoms with van der Waals surface area (Å²) in [6.45, 7) is 0. The van der Waals surface area contributed by atoms with E-state index in [9.17, 15) is 4.39 Å². The van der Waals surface area contributed by atoms with Gasteiger partial charge in [0.05, 0.1) is 16.8 Å². The van der Waals surface area contributed by atoms with Crippen LogP contribution in [0.2, 0.25) is 5.02 Å². The molecule has 3 rings (SSSR count). The summed E-state index contributed by atoms with van der Waals surface area (Å²) in [5.41, 5.74) is 7.09. The second-order valence-corrected chi connectivity index (χ2v) is 5.81. The molecule has 0 aromatic heterocycles. The van der Waals surface area contributed by atoms with Gasteiger partial charge in [0.2, 0.25) is 0 Å². The van der Waals surface area contributed by atoms with Crippen molar-refractivity contribution in [2.45, 2.75) is 31.8 Å². The SMILES string of the molecule is Nc1c(F)cc(-c2cccc(OC3CCCC3)c2)cc1Cl. The van der Waals surface area contributed by atoms with Crippen molar-refractivity contribution in [1.82, 2.24) is 0 Å². The fraction of sp³-hybridized carbons (Fsp3) is 0.294. The van der Waals surface area contributed by atoms with E-state index < -0.39 is 5.82 Å². The predicted molar refractivity (Wildman–Crippen MR) is 84.1 cm³/mol. The number of hydrogen-bond acceptors (Lipinski definition) is 2. The van der Waals surface area contributed by atoms with Crippen molar-refractivity contribution in [3.05, 3.63) is 47.2 Å². The van der Waals surface area contributed by atoms with Gasteiger partial charge in [-0.1, -0.05) is 23.7 Å². The van der Waals surface area contributed by atoms with Crippen molar-refractivity contribution in [2.75, 3.05) is 5.73 Å². The molecule has 2 aromatic carbocycles. The Hall–Kier alpha value is -1.74. The number of ether oxygens (including phenoxy) is 1. The third kappa shape index (κ3) is 3.13. The lowest BCUT2D eigenvalue weighted by Gasteiger charge is -2.14. The summed E-state index contributed by atoms with van der Waals surface area (Å²) in [6, 6.07) is 10.7. The zero-order valence-electron chi connectivity index (χ0n) is 11.6. The smallest absolute Gasteiger partial charge is 0.148 e. The molecule has 0 unspecified atom stereocenters. The third-order valence-electron chi connectivity index (χ3n) is 3.85. The van der Waals surface area contributed by atoms with E-state index in [-0.39, 0.29) is 10.7 Å². The minimum absolute atomic E-state index is 0.0150. The largest absolute Gasteiger partial charge is 0.490 e. The highest BCUT2D eigenvalue weighted by atomic mass is 35.5. The Morgan fingerprint density at radius 3 is 2.57 bits per heavy atom. The summed E-state index contributed by atoms with van der Waals surface area (Å²) in [5, 5.41) is 0.229. The van der Waals surface area contributed by atoms with Crippen LogP contribution in [-0.2, 0) is 0 Å². The average Bonchev–Trinajstić information content (AvgIpc) is 2.97. The van der Waals surface area contributed by atoms with Crippen molar-refractivity contribution in [1.29, 1.82) is 0 Å². The molecule has 1 aliphatic carbocycles. The Morgan fingerprint density at radius 1 is 1.10 bits per heavy atom. The van der Waals surface area contributed by atoms with Crippen molar-refractivity contribution in [3.8, 4) is 16.9 Å². The second kappa shape index (κ2) is 5.94. The number of benzene rings is 2. The summed E-state index contributed by atoms with van der Waals surface area (Å²) >= 11 is 5.95. The quantitative estimate of drug-likeness (QED) is 0.805. The molecular formula is C17H17ClFNO. The normalized spacial score (nSPS) is 15.3. The number of rotatable bonds is 3. The molecule has 0 aliphatic heterocycles. The first-order chi connectivity index (χ1) is 10.1. The molecule has 21 heavy (non-hydrogen) atoms. The van der Waals surface area contributed by atoms with E-state index >= 15 is 0 Å². The molecule has 4 heteroatoms. The van der Waals surface area contributed by atoms with Crippen LogP contribution >= 0.6 is 11.6 Å². The molecule has 1 fully saturated rings. The Labute approximate surface area is 128 Å². The number of nitrogens with two attached hydrogens (primary N) is 1. The zero-order chi connectivity index (χ0) is 14.8. The molecule has 0 amide bonds. The van der Waals surface area contributed by atoms with Gasteiger partial charge in [0.25, 0.3) is 0 Å². The number of hydrogen-bond donors (Lipinski definition) is 1. The molecule has 0 atom stereocenters. The van der Waals surface area contributed by atoms with Crippen molar-refractivity contribution in [3.63, 3.8) is 0 Å². The van der Waals surface area contributed by atoms with Crippen LogP contribution in [0.4, 0.5) is 10.1 Å². The van der Waals surface area contributed by atoms with Crippen molar-refractivity contribution >= 4 is 17.3 Å². The first-order valence-electron chi connectivity index (χ1n) is 7.15. The summed E-state index contributed by atoms with van der Waals surface area (Å²) < 4.78 is 19.7. The summed E-state index contributed by atoms with van der Waals surface area (Å²) in [7, 11) is 0. The topological polar surface area (TPSA) is 35.2 Å². The summed E-state index contributed by atoms with van der Waals surface area (Å²) in [6.07, 6.45) is 4.96. The predicted octanol–water partition coefficient (Wildman–Crippen LogP) is 5.05. The van der Waals surface area contributed by atoms with Crippen LogP contribution in [0.3, 0.4) is 0 Å². The van der Waals surface area contributed by atoms with Gasteiger partial charge >= 0.3 is 0 Å². The van der Waals surface area contributed by atoms with Gasteiger partial charge in [-0.2, -0.15) is 0 Å². The third-order valence-corrected chi connectivity index (χ3v) is 4.16. The van der Waals surface area contributed by atoms with Crippen LogP contribution in [0, 0.1) is 5.82 Å². The molecule has 110 valence electrons. The number of halogens is 2. The zero-order valence-corrected chi connectivity index (χ0v) is 12.4. The van der Waals surface area contributed by atoms with E-state index in [1.807, 2.05) is 24.3 Å². The van der Waals surface area contributed by atoms with Gasteiger partial charge in [-0.05, 0) is 61.1 Å².